The van der Waals surface area contributed by atoms with Crippen LogP contribution >= 0.6 is 0 Å². The van der Waals surface area contributed by atoms with E-state index in [0.717, 1.165) is 32.1 Å². The number of H-pyrrole nitrogens is 1. The first-order valence-electron chi connectivity index (χ1n) is 11.8. The summed E-state index contributed by atoms with van der Waals surface area (Å²) in [6.07, 6.45) is 7.90. The number of carbonyl (C=O) groups excluding carboxylic acids is 1. The molecule has 31 heavy (non-hydrogen) atoms. The molecule has 5 rings (SSSR count). The highest BCUT2D eigenvalue weighted by molar-refractivity contribution is 7.89. The molecule has 0 bridgehead atoms. The van der Waals surface area contributed by atoms with Gasteiger partial charge in [0.05, 0.1) is 24.0 Å². The number of hydrogen-bond donors (Lipinski definition) is 1. The molecule has 1 unspecified atom stereocenters. The summed E-state index contributed by atoms with van der Waals surface area (Å²) in [6, 6.07) is -0.222. The molecule has 1 amide bonds. The van der Waals surface area contributed by atoms with Crippen molar-refractivity contribution in [3.8, 4) is 0 Å². The summed E-state index contributed by atoms with van der Waals surface area (Å²) in [6.45, 7) is 2.78. The van der Waals surface area contributed by atoms with Crippen LogP contribution in [0.1, 0.15) is 75.0 Å². The number of nitrogens with one attached hydrogen (secondary N) is 1. The normalized spacial score (nSPS) is 31.1. The zero-order valence-electron chi connectivity index (χ0n) is 18.2. The number of hydrogen-bond acceptors (Lipinski definition) is 5. The van der Waals surface area contributed by atoms with Crippen LogP contribution in [0.2, 0.25) is 0 Å². The highest BCUT2D eigenvalue weighted by Gasteiger charge is 2.56. The standard InChI is InChI=1S/C22H32N4O4S/c1-2-31(29,30)25-12-10-16-17(13-25)23-20(24-21(16)27)18-9-5-6-11-26(18)22(28)19-14-7-3-4-8-15(14)19/h14-15,18-19H,2-13H2,1H3,(H,23,24,27)/t14-,15+,18-,19?/m1/s1. The fourth-order valence-corrected chi connectivity index (χ4v) is 7.10. The van der Waals surface area contributed by atoms with Crippen LogP contribution in [0.25, 0.3) is 0 Å². The Balaban J connectivity index is 1.42. The molecule has 1 aromatic rings. The third kappa shape index (κ3) is 3.73. The lowest BCUT2D eigenvalue weighted by atomic mass is 9.99. The summed E-state index contributed by atoms with van der Waals surface area (Å²) in [5.74, 6) is 2.04. The fraction of sp³-hybridized carbons (Fsp3) is 0.773. The van der Waals surface area contributed by atoms with Gasteiger partial charge >= 0.3 is 0 Å². The lowest BCUT2D eigenvalue weighted by Gasteiger charge is -2.36. The molecule has 1 saturated heterocycles. The van der Waals surface area contributed by atoms with Crippen molar-refractivity contribution in [1.82, 2.24) is 19.2 Å². The van der Waals surface area contributed by atoms with Crippen LogP contribution in [-0.2, 0) is 27.8 Å². The molecular weight excluding hydrogens is 416 g/mol. The van der Waals surface area contributed by atoms with Crippen LogP contribution in [-0.4, -0.2) is 52.3 Å². The maximum Gasteiger partial charge on any atom is 0.254 e. The molecule has 2 saturated carbocycles. The molecule has 170 valence electrons. The molecule has 0 spiro atoms. The maximum absolute atomic E-state index is 13.4. The van der Waals surface area contributed by atoms with Crippen LogP contribution in [0.3, 0.4) is 0 Å². The summed E-state index contributed by atoms with van der Waals surface area (Å²) in [4.78, 5) is 35.9. The Morgan fingerprint density at radius 3 is 2.52 bits per heavy atom. The minimum Gasteiger partial charge on any atom is -0.332 e. The summed E-state index contributed by atoms with van der Waals surface area (Å²) in [7, 11) is -3.34. The summed E-state index contributed by atoms with van der Waals surface area (Å²) in [5, 5.41) is 0. The van der Waals surface area contributed by atoms with Crippen molar-refractivity contribution in [2.75, 3.05) is 18.8 Å². The van der Waals surface area contributed by atoms with Gasteiger partial charge in [-0.3, -0.25) is 9.59 Å². The minimum atomic E-state index is -3.34. The van der Waals surface area contributed by atoms with Gasteiger partial charge in [0.25, 0.3) is 5.56 Å². The van der Waals surface area contributed by atoms with E-state index in [1.807, 2.05) is 4.90 Å². The molecule has 2 aliphatic carbocycles. The largest absolute Gasteiger partial charge is 0.332 e. The second-order valence-corrected chi connectivity index (χ2v) is 11.8. The lowest BCUT2D eigenvalue weighted by molar-refractivity contribution is -0.137. The van der Waals surface area contributed by atoms with Gasteiger partial charge in [-0.05, 0) is 57.3 Å². The van der Waals surface area contributed by atoms with E-state index in [1.165, 1.54) is 17.1 Å². The Kier molecular flexibility index (Phi) is 5.45. The van der Waals surface area contributed by atoms with Gasteiger partial charge < -0.3 is 9.88 Å². The van der Waals surface area contributed by atoms with E-state index in [1.54, 1.807) is 6.92 Å². The van der Waals surface area contributed by atoms with Crippen molar-refractivity contribution in [1.29, 1.82) is 0 Å². The highest BCUT2D eigenvalue weighted by atomic mass is 32.2. The molecule has 1 aromatic heterocycles. The van der Waals surface area contributed by atoms with E-state index in [4.69, 9.17) is 4.98 Å². The van der Waals surface area contributed by atoms with Gasteiger partial charge in [0.2, 0.25) is 15.9 Å². The molecule has 2 aliphatic heterocycles. The van der Waals surface area contributed by atoms with Crippen molar-refractivity contribution >= 4 is 15.9 Å². The third-order valence-electron chi connectivity index (χ3n) is 7.86. The van der Waals surface area contributed by atoms with Crippen LogP contribution in [0.5, 0.6) is 0 Å². The molecule has 3 heterocycles. The lowest BCUT2D eigenvalue weighted by Crippen LogP contribution is -2.43. The van der Waals surface area contributed by atoms with E-state index >= 15 is 0 Å². The van der Waals surface area contributed by atoms with Crippen LogP contribution in [0, 0.1) is 17.8 Å². The number of sulfonamides is 1. The molecule has 1 N–H and O–H groups in total. The van der Waals surface area contributed by atoms with Crippen LogP contribution in [0.4, 0.5) is 0 Å². The van der Waals surface area contributed by atoms with Gasteiger partial charge in [-0.15, -0.1) is 0 Å². The summed E-state index contributed by atoms with van der Waals surface area (Å²) < 4.78 is 26.1. The number of fused-ring (bicyclic) bond motifs is 2. The third-order valence-corrected chi connectivity index (χ3v) is 9.69. The zero-order valence-corrected chi connectivity index (χ0v) is 19.0. The topological polar surface area (TPSA) is 103 Å². The van der Waals surface area contributed by atoms with E-state index in [2.05, 4.69) is 4.98 Å². The Labute approximate surface area is 183 Å². The number of carbonyl (C=O) groups is 1. The van der Waals surface area contributed by atoms with Crippen molar-refractivity contribution < 1.29 is 13.2 Å². The number of nitrogens with zero attached hydrogens (tertiary/aromatic N) is 3. The average Bonchev–Trinajstić information content (AvgIpc) is 3.52. The first-order chi connectivity index (χ1) is 14.9. The monoisotopic (exact) mass is 448 g/mol. The maximum atomic E-state index is 13.4. The first kappa shape index (κ1) is 21.1. The average molecular weight is 449 g/mol. The van der Waals surface area contributed by atoms with Gasteiger partial charge in [0, 0.05) is 24.6 Å². The predicted molar refractivity (Wildman–Crippen MR) is 116 cm³/mol. The number of amides is 1. The highest BCUT2D eigenvalue weighted by Crippen LogP contribution is 2.56. The Hall–Kier alpha value is -1.74. The fourth-order valence-electron chi connectivity index (χ4n) is 6.04. The molecule has 0 aromatic carbocycles. The SMILES string of the molecule is CCS(=O)(=O)N1CCc2c(nc([C@H]3CCCCN3C(=O)C3[C@H]4CCCC[C@@H]34)[nH]c2=O)C1. The van der Waals surface area contributed by atoms with Crippen molar-refractivity contribution in [2.45, 2.75) is 70.9 Å². The number of rotatable bonds is 4. The molecule has 0 radical (unpaired) electrons. The van der Waals surface area contributed by atoms with E-state index < -0.39 is 10.0 Å². The predicted octanol–water partition coefficient (Wildman–Crippen LogP) is 1.97. The van der Waals surface area contributed by atoms with Crippen molar-refractivity contribution in [3.63, 3.8) is 0 Å². The Morgan fingerprint density at radius 1 is 1.10 bits per heavy atom. The van der Waals surface area contributed by atoms with Gasteiger partial charge in [0.15, 0.2) is 0 Å². The quantitative estimate of drug-likeness (QED) is 0.758. The van der Waals surface area contributed by atoms with Gasteiger partial charge in [0.1, 0.15) is 5.82 Å². The minimum absolute atomic E-state index is 0.0347. The summed E-state index contributed by atoms with van der Waals surface area (Å²) >= 11 is 0. The van der Waals surface area contributed by atoms with E-state index in [0.29, 0.717) is 48.4 Å². The Morgan fingerprint density at radius 2 is 1.81 bits per heavy atom. The van der Waals surface area contributed by atoms with E-state index in [-0.39, 0.29) is 35.7 Å². The molecule has 4 atom stereocenters. The van der Waals surface area contributed by atoms with Gasteiger partial charge in [-0.2, -0.15) is 4.31 Å². The van der Waals surface area contributed by atoms with Crippen LogP contribution < -0.4 is 5.56 Å². The van der Waals surface area contributed by atoms with Gasteiger partial charge in [-0.25, -0.2) is 13.4 Å². The van der Waals surface area contributed by atoms with E-state index in [9.17, 15) is 18.0 Å². The number of aromatic amines is 1. The first-order valence-corrected chi connectivity index (χ1v) is 13.4. The van der Waals surface area contributed by atoms with Crippen LogP contribution in [0.15, 0.2) is 4.79 Å². The number of aromatic nitrogens is 2. The zero-order chi connectivity index (χ0) is 21.8. The second kappa shape index (κ2) is 7.99. The second-order valence-electron chi connectivity index (χ2n) is 9.54. The van der Waals surface area contributed by atoms with Crippen molar-refractivity contribution in [2.24, 2.45) is 17.8 Å². The Bertz CT molecular complexity index is 1020. The molecule has 9 heteroatoms. The van der Waals surface area contributed by atoms with Gasteiger partial charge in [-0.1, -0.05) is 12.8 Å². The smallest absolute Gasteiger partial charge is 0.254 e. The molecule has 4 aliphatic rings. The number of piperidine rings is 1. The summed E-state index contributed by atoms with van der Waals surface area (Å²) in [5.41, 5.74) is 0.930. The molecule has 3 fully saturated rings. The molecular formula is C22H32N4O4S. The molecule has 8 nitrogen and oxygen atoms in total. The number of likely N-dealkylation sites (tertiary alicyclic amines) is 1. The van der Waals surface area contributed by atoms with Crippen molar-refractivity contribution in [3.05, 3.63) is 27.4 Å².